The molecule has 0 fully saturated rings. The van der Waals surface area contributed by atoms with Crippen molar-refractivity contribution in [2.45, 2.75) is 60.7 Å². The highest BCUT2D eigenvalue weighted by molar-refractivity contribution is 7.98. The van der Waals surface area contributed by atoms with Crippen molar-refractivity contribution in [2.24, 2.45) is 0 Å². The lowest BCUT2D eigenvalue weighted by atomic mass is 9.90. The first kappa shape index (κ1) is 26.7. The largest absolute Gasteiger partial charge is 0.454 e. The maximum atomic E-state index is 6.35. The molecule has 0 N–H and O–H groups in total. The Balaban J connectivity index is 1.15. The second-order valence-electron chi connectivity index (χ2n) is 11.2. The average Bonchev–Trinajstić information content (AvgIpc) is 3.87. The lowest BCUT2D eigenvalue weighted by Gasteiger charge is -2.32. The summed E-state index contributed by atoms with van der Waals surface area (Å²) in [4.78, 5) is 2.29. The lowest BCUT2D eigenvalue weighted by Crippen LogP contribution is -2.33. The zero-order valence-corrected chi connectivity index (χ0v) is 26.3. The minimum atomic E-state index is -0.228. The smallest absolute Gasteiger partial charge is 0.245 e. The molecule has 0 amide bonds. The number of thiophene rings is 1. The molecule has 0 spiro atoms. The Bertz CT molecular complexity index is 2110. The maximum absolute atomic E-state index is 6.35. The molecular formula is C30H26N6O5S3. The molecule has 6 aromatic rings. The molecule has 9 rings (SSSR count). The van der Waals surface area contributed by atoms with Gasteiger partial charge in [0.05, 0.1) is 17.6 Å². The van der Waals surface area contributed by atoms with E-state index in [-0.39, 0.29) is 19.2 Å². The van der Waals surface area contributed by atoms with Crippen LogP contribution in [0, 0.1) is 0 Å². The SMILES string of the molecule is CCC1(C)Cc2c(sc3c2c2nnc(SCc4ccc5c(c4)OCO5)n2c2nnc(SCc4ccc5c(c4)OCO5)n32)CO1. The number of aromatic nitrogens is 6. The highest BCUT2D eigenvalue weighted by Gasteiger charge is 2.34. The van der Waals surface area contributed by atoms with Gasteiger partial charge < -0.3 is 23.7 Å². The summed E-state index contributed by atoms with van der Waals surface area (Å²) in [6.45, 7) is 5.46. The number of rotatable bonds is 7. The summed E-state index contributed by atoms with van der Waals surface area (Å²) in [7, 11) is 0. The van der Waals surface area contributed by atoms with E-state index in [1.165, 1.54) is 10.4 Å². The Morgan fingerprint density at radius 3 is 2.14 bits per heavy atom. The lowest BCUT2D eigenvalue weighted by molar-refractivity contribution is -0.0542. The first-order valence-corrected chi connectivity index (χ1v) is 17.1. The van der Waals surface area contributed by atoms with Gasteiger partial charge in [-0.1, -0.05) is 42.6 Å². The maximum Gasteiger partial charge on any atom is 0.245 e. The van der Waals surface area contributed by atoms with Crippen molar-refractivity contribution in [2.75, 3.05) is 13.6 Å². The van der Waals surface area contributed by atoms with Crippen LogP contribution in [0.15, 0.2) is 46.7 Å². The van der Waals surface area contributed by atoms with Crippen LogP contribution in [0.1, 0.15) is 41.8 Å². The van der Waals surface area contributed by atoms with Crippen LogP contribution in [0.5, 0.6) is 23.0 Å². The molecule has 0 saturated heterocycles. The number of hydrogen-bond donors (Lipinski definition) is 0. The molecule has 3 aliphatic rings. The van der Waals surface area contributed by atoms with Gasteiger partial charge in [0.2, 0.25) is 19.4 Å². The van der Waals surface area contributed by atoms with Crippen molar-refractivity contribution >= 4 is 56.5 Å². The number of benzene rings is 2. The van der Waals surface area contributed by atoms with Crippen molar-refractivity contribution in [1.82, 2.24) is 29.2 Å². The van der Waals surface area contributed by atoms with Crippen LogP contribution >= 0.6 is 34.9 Å². The zero-order chi connectivity index (χ0) is 29.4. The van der Waals surface area contributed by atoms with E-state index in [0.29, 0.717) is 23.9 Å². The first-order valence-electron chi connectivity index (χ1n) is 14.3. The summed E-state index contributed by atoms with van der Waals surface area (Å²) in [5.74, 6) is 5.17. The first-order chi connectivity index (χ1) is 21.6. The van der Waals surface area contributed by atoms with Gasteiger partial charge in [-0.25, -0.2) is 8.80 Å². The van der Waals surface area contributed by atoms with E-state index in [1.54, 1.807) is 34.9 Å². The fourth-order valence-corrected chi connectivity index (χ4v) is 8.85. The van der Waals surface area contributed by atoms with Gasteiger partial charge in [0, 0.05) is 22.8 Å². The normalized spacial score (nSPS) is 18.6. The van der Waals surface area contributed by atoms with Gasteiger partial charge in [-0.2, -0.15) is 0 Å². The van der Waals surface area contributed by atoms with E-state index in [2.05, 4.69) is 39.9 Å². The molecule has 0 bridgehead atoms. The van der Waals surface area contributed by atoms with Crippen molar-refractivity contribution in [3.8, 4) is 23.0 Å². The molecule has 11 nitrogen and oxygen atoms in total. The molecule has 0 saturated carbocycles. The Hall–Kier alpha value is -3.72. The van der Waals surface area contributed by atoms with Crippen molar-refractivity contribution in [3.05, 3.63) is 58.0 Å². The van der Waals surface area contributed by atoms with E-state index in [9.17, 15) is 0 Å². The number of nitrogens with zero attached hydrogens (tertiary/aromatic N) is 6. The highest BCUT2D eigenvalue weighted by atomic mass is 32.2. The average molecular weight is 647 g/mol. The summed E-state index contributed by atoms with van der Waals surface area (Å²) < 4.78 is 32.7. The van der Waals surface area contributed by atoms with Crippen molar-refractivity contribution < 1.29 is 23.7 Å². The Morgan fingerprint density at radius 1 is 0.818 bits per heavy atom. The van der Waals surface area contributed by atoms with Crippen LogP contribution in [0.3, 0.4) is 0 Å². The molecule has 0 radical (unpaired) electrons. The summed E-state index contributed by atoms with van der Waals surface area (Å²) in [6.07, 6.45) is 1.74. The van der Waals surface area contributed by atoms with Crippen LogP contribution in [0.4, 0.5) is 0 Å². The predicted octanol–water partition coefficient (Wildman–Crippen LogP) is 6.27. The fourth-order valence-electron chi connectivity index (χ4n) is 5.82. The number of ether oxygens (including phenoxy) is 5. The Labute approximate surface area is 263 Å². The summed E-state index contributed by atoms with van der Waals surface area (Å²) >= 11 is 4.99. The van der Waals surface area contributed by atoms with Crippen molar-refractivity contribution in [1.29, 1.82) is 0 Å². The van der Waals surface area contributed by atoms with Gasteiger partial charge in [0.15, 0.2) is 39.0 Å². The third-order valence-electron chi connectivity index (χ3n) is 8.41. The molecule has 3 aliphatic heterocycles. The van der Waals surface area contributed by atoms with Crippen LogP contribution in [-0.4, -0.2) is 48.4 Å². The molecule has 1 unspecified atom stereocenters. The van der Waals surface area contributed by atoms with E-state index < -0.39 is 0 Å². The molecule has 1 atom stereocenters. The third-order valence-corrected chi connectivity index (χ3v) is 11.6. The van der Waals surface area contributed by atoms with Gasteiger partial charge in [-0.15, -0.1) is 31.7 Å². The number of fused-ring (bicyclic) bond motifs is 10. The molecule has 44 heavy (non-hydrogen) atoms. The van der Waals surface area contributed by atoms with E-state index in [1.807, 2.05) is 24.3 Å². The van der Waals surface area contributed by atoms with Crippen molar-refractivity contribution in [3.63, 3.8) is 0 Å². The summed E-state index contributed by atoms with van der Waals surface area (Å²) in [5.41, 5.74) is 4.09. The van der Waals surface area contributed by atoms with E-state index in [0.717, 1.165) is 73.1 Å². The monoisotopic (exact) mass is 646 g/mol. The third kappa shape index (κ3) is 4.22. The topological polar surface area (TPSA) is 107 Å². The van der Waals surface area contributed by atoms with Crippen LogP contribution in [0.25, 0.3) is 21.6 Å². The molecule has 224 valence electrons. The molecule has 4 aromatic heterocycles. The van der Waals surface area contributed by atoms with Gasteiger partial charge in [0.1, 0.15) is 4.83 Å². The van der Waals surface area contributed by atoms with Crippen LogP contribution < -0.4 is 18.9 Å². The van der Waals surface area contributed by atoms with Crippen LogP contribution in [-0.2, 0) is 29.3 Å². The van der Waals surface area contributed by atoms with Gasteiger partial charge in [-0.3, -0.25) is 0 Å². The van der Waals surface area contributed by atoms with E-state index in [4.69, 9.17) is 39.0 Å². The van der Waals surface area contributed by atoms with Gasteiger partial charge in [0.25, 0.3) is 0 Å². The zero-order valence-electron chi connectivity index (χ0n) is 23.9. The van der Waals surface area contributed by atoms with Gasteiger partial charge >= 0.3 is 0 Å². The Morgan fingerprint density at radius 2 is 1.45 bits per heavy atom. The number of hydrogen-bond acceptors (Lipinski definition) is 12. The summed E-state index contributed by atoms with van der Waals surface area (Å²) in [5, 5.41) is 21.5. The molecular weight excluding hydrogens is 621 g/mol. The standard InChI is InChI=1S/C30H26N6O5S3/c1-3-30(2)10-18-23(11-41-30)44-26-24(18)25-31-33-28(42-12-16-4-6-19-21(8-16)39-14-37-19)35(25)27-32-34-29(36(26)27)43-13-17-5-7-20-22(9-17)40-15-38-20/h4-9H,3,10-15H2,1-2H3. The number of thioether (sulfide) groups is 2. The quantitative estimate of drug-likeness (QED) is 0.183. The molecule has 14 heteroatoms. The molecule has 0 aliphatic carbocycles. The second-order valence-corrected chi connectivity index (χ2v) is 14.1. The van der Waals surface area contributed by atoms with Crippen LogP contribution in [0.2, 0.25) is 0 Å². The molecule has 2 aromatic carbocycles. The highest BCUT2D eigenvalue weighted by Crippen LogP contribution is 2.44. The fraction of sp³-hybridized carbons (Fsp3) is 0.333. The Kier molecular flexibility index (Phi) is 6.15. The summed E-state index contributed by atoms with van der Waals surface area (Å²) in [6, 6.07) is 12.1. The minimum Gasteiger partial charge on any atom is -0.454 e. The van der Waals surface area contributed by atoms with E-state index >= 15 is 0 Å². The molecule has 7 heterocycles. The minimum absolute atomic E-state index is 0.228. The predicted molar refractivity (Wildman–Crippen MR) is 166 cm³/mol. The second kappa shape index (κ2) is 10.2. The van der Waals surface area contributed by atoms with Gasteiger partial charge in [-0.05, 0) is 54.3 Å².